The van der Waals surface area contributed by atoms with Crippen LogP contribution in [0.25, 0.3) is 0 Å². The Morgan fingerprint density at radius 1 is 1.19 bits per heavy atom. The Morgan fingerprint density at radius 3 is 2.48 bits per heavy atom. The fourth-order valence-electron chi connectivity index (χ4n) is 2.58. The van der Waals surface area contributed by atoms with Crippen molar-refractivity contribution in [3.05, 3.63) is 29.8 Å². The SMILES string of the molecule is N#Cc1ccc(NC(=O)CCOC2CCCCCC2)cc1. The van der Waals surface area contributed by atoms with E-state index < -0.39 is 0 Å². The van der Waals surface area contributed by atoms with Crippen LogP contribution < -0.4 is 5.32 Å². The van der Waals surface area contributed by atoms with E-state index in [4.69, 9.17) is 10.00 Å². The topological polar surface area (TPSA) is 62.1 Å². The number of nitrogens with one attached hydrogen (secondary N) is 1. The normalized spacial score (nSPS) is 16.0. The van der Waals surface area contributed by atoms with Gasteiger partial charge in [0.25, 0.3) is 0 Å². The fraction of sp³-hybridized carbons (Fsp3) is 0.529. The van der Waals surface area contributed by atoms with Gasteiger partial charge in [-0.3, -0.25) is 4.79 Å². The van der Waals surface area contributed by atoms with Crippen LogP contribution in [0, 0.1) is 11.3 Å². The molecule has 2 rings (SSSR count). The predicted molar refractivity (Wildman–Crippen MR) is 81.8 cm³/mol. The molecule has 1 aromatic rings. The zero-order valence-corrected chi connectivity index (χ0v) is 12.3. The highest BCUT2D eigenvalue weighted by Crippen LogP contribution is 2.19. The fourth-order valence-corrected chi connectivity index (χ4v) is 2.58. The Labute approximate surface area is 126 Å². The van der Waals surface area contributed by atoms with Crippen LogP contribution in [0.4, 0.5) is 5.69 Å². The van der Waals surface area contributed by atoms with Gasteiger partial charge in [-0.1, -0.05) is 25.7 Å². The molecular formula is C17H22N2O2. The van der Waals surface area contributed by atoms with Crippen LogP contribution in [0.1, 0.15) is 50.5 Å². The molecule has 1 amide bonds. The number of hydrogen-bond donors (Lipinski definition) is 1. The van der Waals surface area contributed by atoms with Crippen LogP contribution in [0.3, 0.4) is 0 Å². The van der Waals surface area contributed by atoms with Gasteiger partial charge in [0.05, 0.1) is 30.8 Å². The molecule has 1 fully saturated rings. The first kappa shape index (κ1) is 15.5. The molecule has 0 heterocycles. The molecule has 1 N–H and O–H groups in total. The summed E-state index contributed by atoms with van der Waals surface area (Å²) in [4.78, 5) is 11.8. The Morgan fingerprint density at radius 2 is 1.86 bits per heavy atom. The van der Waals surface area contributed by atoms with Gasteiger partial charge in [-0.15, -0.1) is 0 Å². The summed E-state index contributed by atoms with van der Waals surface area (Å²) in [6.07, 6.45) is 8.03. The summed E-state index contributed by atoms with van der Waals surface area (Å²) in [6.45, 7) is 0.479. The molecule has 0 aromatic heterocycles. The lowest BCUT2D eigenvalue weighted by atomic mass is 10.1. The number of ether oxygens (including phenoxy) is 1. The van der Waals surface area contributed by atoms with Crippen molar-refractivity contribution in [1.29, 1.82) is 5.26 Å². The van der Waals surface area contributed by atoms with Crippen molar-refractivity contribution in [1.82, 2.24) is 0 Å². The van der Waals surface area contributed by atoms with Gasteiger partial charge in [0.15, 0.2) is 0 Å². The lowest BCUT2D eigenvalue weighted by Gasteiger charge is -2.15. The maximum absolute atomic E-state index is 11.8. The second-order valence-corrected chi connectivity index (χ2v) is 5.47. The van der Waals surface area contributed by atoms with Crippen molar-refractivity contribution in [2.45, 2.75) is 51.0 Å². The monoisotopic (exact) mass is 286 g/mol. The number of amides is 1. The number of carbonyl (C=O) groups is 1. The number of carbonyl (C=O) groups excluding carboxylic acids is 1. The van der Waals surface area contributed by atoms with E-state index >= 15 is 0 Å². The van der Waals surface area contributed by atoms with E-state index in [1.807, 2.05) is 0 Å². The van der Waals surface area contributed by atoms with Crippen LogP contribution in [0.2, 0.25) is 0 Å². The van der Waals surface area contributed by atoms with Gasteiger partial charge in [-0.2, -0.15) is 5.26 Å². The summed E-state index contributed by atoms with van der Waals surface area (Å²) < 4.78 is 5.80. The average Bonchev–Trinajstić information content (AvgIpc) is 2.77. The van der Waals surface area contributed by atoms with E-state index in [-0.39, 0.29) is 5.91 Å². The highest BCUT2D eigenvalue weighted by atomic mass is 16.5. The summed E-state index contributed by atoms with van der Waals surface area (Å²) in [5.74, 6) is -0.0478. The quantitative estimate of drug-likeness (QED) is 0.841. The molecule has 4 heteroatoms. The van der Waals surface area contributed by atoms with Gasteiger partial charge in [0.2, 0.25) is 5.91 Å². The van der Waals surface area contributed by atoms with Gasteiger partial charge in [0.1, 0.15) is 0 Å². The third-order valence-corrected chi connectivity index (χ3v) is 3.78. The molecule has 1 aliphatic carbocycles. The predicted octanol–water partition coefficient (Wildman–Crippen LogP) is 3.63. The van der Waals surface area contributed by atoms with Crippen molar-refractivity contribution in [3.63, 3.8) is 0 Å². The standard InChI is InChI=1S/C17H22N2O2/c18-13-14-7-9-15(10-8-14)19-17(20)11-12-21-16-5-3-1-2-4-6-16/h7-10,16H,1-6,11-12H2,(H,19,20). The molecule has 0 radical (unpaired) electrons. The molecule has 0 atom stereocenters. The number of nitrogens with zero attached hydrogens (tertiary/aromatic N) is 1. The average molecular weight is 286 g/mol. The van der Waals surface area contributed by atoms with E-state index in [9.17, 15) is 4.79 Å². The maximum atomic E-state index is 11.8. The molecule has 0 spiro atoms. The van der Waals surface area contributed by atoms with Crippen molar-refractivity contribution in [2.24, 2.45) is 0 Å². The maximum Gasteiger partial charge on any atom is 0.226 e. The number of rotatable bonds is 5. The van der Waals surface area contributed by atoms with E-state index in [2.05, 4.69) is 11.4 Å². The van der Waals surface area contributed by atoms with E-state index in [1.165, 1.54) is 25.7 Å². The van der Waals surface area contributed by atoms with Gasteiger partial charge in [-0.25, -0.2) is 0 Å². The first-order valence-electron chi connectivity index (χ1n) is 7.69. The second-order valence-electron chi connectivity index (χ2n) is 5.47. The molecular weight excluding hydrogens is 264 g/mol. The Hall–Kier alpha value is -1.86. The van der Waals surface area contributed by atoms with E-state index in [0.29, 0.717) is 30.4 Å². The highest BCUT2D eigenvalue weighted by molar-refractivity contribution is 5.90. The molecule has 0 saturated heterocycles. The van der Waals surface area contributed by atoms with Gasteiger partial charge in [0, 0.05) is 5.69 Å². The Bertz CT molecular complexity index is 483. The van der Waals surface area contributed by atoms with Gasteiger partial charge < -0.3 is 10.1 Å². The van der Waals surface area contributed by atoms with Crippen molar-refractivity contribution in [2.75, 3.05) is 11.9 Å². The number of benzene rings is 1. The van der Waals surface area contributed by atoms with Crippen LogP contribution in [0.5, 0.6) is 0 Å². The zero-order valence-electron chi connectivity index (χ0n) is 12.3. The summed E-state index contributed by atoms with van der Waals surface area (Å²) >= 11 is 0. The Kier molecular flexibility index (Phi) is 6.23. The van der Waals surface area contributed by atoms with Crippen LogP contribution >= 0.6 is 0 Å². The zero-order chi connectivity index (χ0) is 14.9. The molecule has 1 aliphatic rings. The summed E-state index contributed by atoms with van der Waals surface area (Å²) in [7, 11) is 0. The van der Waals surface area contributed by atoms with Crippen LogP contribution in [0.15, 0.2) is 24.3 Å². The van der Waals surface area contributed by atoms with E-state index in [1.54, 1.807) is 24.3 Å². The summed E-state index contributed by atoms with van der Waals surface area (Å²) in [5, 5.41) is 11.5. The second kappa shape index (κ2) is 8.43. The smallest absolute Gasteiger partial charge is 0.226 e. The Balaban J connectivity index is 1.68. The molecule has 1 saturated carbocycles. The molecule has 0 unspecified atom stereocenters. The first-order valence-corrected chi connectivity index (χ1v) is 7.69. The van der Waals surface area contributed by atoms with Crippen molar-refractivity contribution < 1.29 is 9.53 Å². The number of anilines is 1. The lowest BCUT2D eigenvalue weighted by Crippen LogP contribution is -2.18. The van der Waals surface area contributed by atoms with Crippen LogP contribution in [-0.2, 0) is 9.53 Å². The van der Waals surface area contributed by atoms with Crippen LogP contribution in [-0.4, -0.2) is 18.6 Å². The molecule has 0 aliphatic heterocycles. The lowest BCUT2D eigenvalue weighted by molar-refractivity contribution is -0.117. The highest BCUT2D eigenvalue weighted by Gasteiger charge is 2.13. The largest absolute Gasteiger partial charge is 0.378 e. The minimum Gasteiger partial charge on any atom is -0.378 e. The molecule has 0 bridgehead atoms. The molecule has 4 nitrogen and oxygen atoms in total. The molecule has 21 heavy (non-hydrogen) atoms. The summed E-state index contributed by atoms with van der Waals surface area (Å²) in [6, 6.07) is 8.91. The summed E-state index contributed by atoms with van der Waals surface area (Å²) in [5.41, 5.74) is 1.30. The molecule has 1 aromatic carbocycles. The number of hydrogen-bond acceptors (Lipinski definition) is 3. The first-order chi connectivity index (χ1) is 10.3. The number of nitriles is 1. The third kappa shape index (κ3) is 5.57. The van der Waals surface area contributed by atoms with E-state index in [0.717, 1.165) is 12.8 Å². The van der Waals surface area contributed by atoms with Gasteiger partial charge in [-0.05, 0) is 37.1 Å². The van der Waals surface area contributed by atoms with Crippen molar-refractivity contribution >= 4 is 11.6 Å². The minimum atomic E-state index is -0.0478. The minimum absolute atomic E-state index is 0.0478. The van der Waals surface area contributed by atoms with Gasteiger partial charge >= 0.3 is 0 Å². The van der Waals surface area contributed by atoms with Crippen molar-refractivity contribution in [3.8, 4) is 6.07 Å². The molecule has 112 valence electrons. The third-order valence-electron chi connectivity index (χ3n) is 3.78.